The number of anilines is 1. The molecule has 0 aliphatic carbocycles. The van der Waals surface area contributed by atoms with E-state index in [-0.39, 0.29) is 37.4 Å². The number of rotatable bonds is 6. The molecule has 2 heterocycles. The zero-order valence-electron chi connectivity index (χ0n) is 16.5. The third kappa shape index (κ3) is 4.78. The Morgan fingerprint density at radius 2 is 1.90 bits per heavy atom. The van der Waals surface area contributed by atoms with Gasteiger partial charge in [-0.05, 0) is 55.0 Å². The first-order valence-electron chi connectivity index (χ1n) is 9.46. The average molecular weight is 455 g/mol. The van der Waals surface area contributed by atoms with E-state index in [9.17, 15) is 14.4 Å². The highest BCUT2D eigenvalue weighted by molar-refractivity contribution is 8.26. The van der Waals surface area contributed by atoms with Crippen LogP contribution in [0.15, 0.2) is 47.4 Å². The molecule has 1 saturated heterocycles. The number of benzene rings is 2. The van der Waals surface area contributed by atoms with Crippen LogP contribution in [0.4, 0.5) is 5.69 Å². The molecule has 0 aromatic heterocycles. The fourth-order valence-electron chi connectivity index (χ4n) is 3.07. The lowest BCUT2D eigenvalue weighted by atomic mass is 10.1. The summed E-state index contributed by atoms with van der Waals surface area (Å²) in [7, 11) is 0. The Balaban J connectivity index is 1.35. The van der Waals surface area contributed by atoms with E-state index in [4.69, 9.17) is 21.7 Å². The Hall–Kier alpha value is -3.17. The number of carbonyl (C=O) groups is 3. The van der Waals surface area contributed by atoms with Gasteiger partial charge in [-0.25, -0.2) is 0 Å². The Morgan fingerprint density at radius 1 is 1.16 bits per heavy atom. The molecule has 2 aliphatic rings. The van der Waals surface area contributed by atoms with Crippen LogP contribution in [-0.4, -0.2) is 40.2 Å². The van der Waals surface area contributed by atoms with E-state index >= 15 is 0 Å². The summed E-state index contributed by atoms with van der Waals surface area (Å²) in [5, 5.41) is 2.76. The normalized spacial score (nSPS) is 16.2. The van der Waals surface area contributed by atoms with Crippen LogP contribution in [0.5, 0.6) is 11.5 Å². The van der Waals surface area contributed by atoms with Crippen molar-refractivity contribution < 1.29 is 23.9 Å². The molecular weight excluding hydrogens is 436 g/mol. The van der Waals surface area contributed by atoms with E-state index in [1.807, 2.05) is 6.07 Å². The number of Topliss-reactive ketones (excluding diaryl/α,β-unsaturated/α-hetero) is 1. The molecular formula is C22H18N2O5S2. The minimum Gasteiger partial charge on any atom is -0.454 e. The van der Waals surface area contributed by atoms with Crippen molar-refractivity contribution in [1.29, 1.82) is 0 Å². The highest BCUT2D eigenvalue weighted by Crippen LogP contribution is 2.36. The van der Waals surface area contributed by atoms with Gasteiger partial charge in [-0.1, -0.05) is 30.0 Å². The summed E-state index contributed by atoms with van der Waals surface area (Å²) in [6.07, 6.45) is 1.84. The monoisotopic (exact) mass is 454 g/mol. The number of ether oxygens (including phenoxy) is 2. The second-order valence-corrected chi connectivity index (χ2v) is 8.55. The first kappa shape index (κ1) is 21.1. The lowest BCUT2D eigenvalue weighted by Crippen LogP contribution is -2.31. The Labute approximate surface area is 188 Å². The summed E-state index contributed by atoms with van der Waals surface area (Å²) < 4.78 is 11.1. The standard InChI is InChI=1S/C22H18N2O5S2/c1-13(25)15-3-5-16(6-4-15)23-20(26)8-9-24-21(27)19(31-22(24)30)11-14-2-7-17-18(10-14)29-12-28-17/h2-7,10-11H,8-9,12H2,1H3,(H,23,26). The molecule has 9 heteroatoms. The molecule has 0 spiro atoms. The quantitative estimate of drug-likeness (QED) is 0.403. The fourth-order valence-corrected chi connectivity index (χ4v) is 4.38. The number of fused-ring (bicyclic) bond motifs is 1. The van der Waals surface area contributed by atoms with Gasteiger partial charge in [0.1, 0.15) is 4.32 Å². The van der Waals surface area contributed by atoms with Crippen molar-refractivity contribution in [3.8, 4) is 11.5 Å². The minimum absolute atomic E-state index is 0.0407. The predicted molar refractivity (Wildman–Crippen MR) is 122 cm³/mol. The summed E-state index contributed by atoms with van der Waals surface area (Å²) in [6, 6.07) is 12.1. The Kier molecular flexibility index (Phi) is 6.06. The number of carbonyl (C=O) groups excluding carboxylic acids is 3. The van der Waals surface area contributed by atoms with Crippen molar-refractivity contribution in [2.45, 2.75) is 13.3 Å². The van der Waals surface area contributed by atoms with Gasteiger partial charge in [-0.2, -0.15) is 0 Å². The molecule has 31 heavy (non-hydrogen) atoms. The highest BCUT2D eigenvalue weighted by atomic mass is 32.2. The SMILES string of the molecule is CC(=O)c1ccc(NC(=O)CCN2C(=O)C(=Cc3ccc4c(c3)OCO4)SC2=S)cc1. The van der Waals surface area contributed by atoms with Crippen LogP contribution in [0.25, 0.3) is 6.08 Å². The topological polar surface area (TPSA) is 84.9 Å². The van der Waals surface area contributed by atoms with Gasteiger partial charge < -0.3 is 14.8 Å². The average Bonchev–Trinajstić information content (AvgIpc) is 3.31. The van der Waals surface area contributed by atoms with Crippen LogP contribution >= 0.6 is 24.0 Å². The van der Waals surface area contributed by atoms with Crippen molar-refractivity contribution in [2.24, 2.45) is 0 Å². The third-order valence-electron chi connectivity index (χ3n) is 4.71. The van der Waals surface area contributed by atoms with Gasteiger partial charge in [0.25, 0.3) is 5.91 Å². The zero-order valence-corrected chi connectivity index (χ0v) is 18.2. The largest absolute Gasteiger partial charge is 0.454 e. The third-order valence-corrected chi connectivity index (χ3v) is 6.08. The molecule has 0 radical (unpaired) electrons. The summed E-state index contributed by atoms with van der Waals surface area (Å²) in [5.41, 5.74) is 1.96. The van der Waals surface area contributed by atoms with Crippen LogP contribution < -0.4 is 14.8 Å². The van der Waals surface area contributed by atoms with Gasteiger partial charge in [0, 0.05) is 24.2 Å². The van der Waals surface area contributed by atoms with Crippen molar-refractivity contribution in [3.05, 3.63) is 58.5 Å². The first-order valence-corrected chi connectivity index (χ1v) is 10.7. The summed E-state index contributed by atoms with van der Waals surface area (Å²) >= 11 is 6.53. The Bertz CT molecular complexity index is 1110. The molecule has 1 fully saturated rings. The fraction of sp³-hybridized carbons (Fsp3) is 0.182. The van der Waals surface area contributed by atoms with E-state index < -0.39 is 0 Å². The number of thioether (sulfide) groups is 1. The van der Waals surface area contributed by atoms with Crippen LogP contribution in [0, 0.1) is 0 Å². The van der Waals surface area contributed by atoms with E-state index in [1.165, 1.54) is 23.6 Å². The van der Waals surface area contributed by atoms with Gasteiger partial charge in [0.15, 0.2) is 17.3 Å². The van der Waals surface area contributed by atoms with Crippen molar-refractivity contribution in [3.63, 3.8) is 0 Å². The minimum atomic E-state index is -0.246. The molecule has 0 atom stereocenters. The number of nitrogens with zero attached hydrogens (tertiary/aromatic N) is 1. The molecule has 2 amide bonds. The molecule has 158 valence electrons. The van der Waals surface area contributed by atoms with Gasteiger partial charge in [-0.3, -0.25) is 19.3 Å². The number of thiocarbonyl (C=S) groups is 1. The van der Waals surface area contributed by atoms with Gasteiger partial charge in [-0.15, -0.1) is 0 Å². The van der Waals surface area contributed by atoms with Crippen molar-refractivity contribution >= 4 is 57.7 Å². The van der Waals surface area contributed by atoms with E-state index in [1.54, 1.807) is 42.5 Å². The van der Waals surface area contributed by atoms with E-state index in [0.29, 0.717) is 32.0 Å². The van der Waals surface area contributed by atoms with Gasteiger partial charge in [0.05, 0.1) is 4.91 Å². The molecule has 7 nitrogen and oxygen atoms in total. The molecule has 2 aliphatic heterocycles. The van der Waals surface area contributed by atoms with E-state index in [0.717, 1.165) is 5.56 Å². The maximum atomic E-state index is 12.8. The molecule has 0 bridgehead atoms. The predicted octanol–water partition coefficient (Wildman–Crippen LogP) is 3.85. The van der Waals surface area contributed by atoms with Crippen LogP contribution in [0.3, 0.4) is 0 Å². The Morgan fingerprint density at radius 3 is 2.65 bits per heavy atom. The maximum absolute atomic E-state index is 12.8. The molecule has 1 N–H and O–H groups in total. The highest BCUT2D eigenvalue weighted by Gasteiger charge is 2.32. The smallest absolute Gasteiger partial charge is 0.266 e. The van der Waals surface area contributed by atoms with Crippen molar-refractivity contribution in [1.82, 2.24) is 4.90 Å². The number of ketones is 1. The van der Waals surface area contributed by atoms with E-state index in [2.05, 4.69) is 5.32 Å². The van der Waals surface area contributed by atoms with Gasteiger partial charge >= 0.3 is 0 Å². The molecule has 2 aromatic rings. The zero-order chi connectivity index (χ0) is 22.0. The number of nitrogens with one attached hydrogen (secondary N) is 1. The summed E-state index contributed by atoms with van der Waals surface area (Å²) in [6.45, 7) is 1.85. The molecule has 0 unspecified atom stereocenters. The first-order chi connectivity index (χ1) is 14.9. The molecule has 4 rings (SSSR count). The summed E-state index contributed by atoms with van der Waals surface area (Å²) in [4.78, 5) is 38.3. The second kappa shape index (κ2) is 8.91. The van der Waals surface area contributed by atoms with Crippen LogP contribution in [0.1, 0.15) is 29.3 Å². The number of hydrogen-bond acceptors (Lipinski definition) is 7. The second-order valence-electron chi connectivity index (χ2n) is 6.88. The number of hydrogen-bond donors (Lipinski definition) is 1. The molecule has 0 saturated carbocycles. The maximum Gasteiger partial charge on any atom is 0.266 e. The lowest BCUT2D eigenvalue weighted by Gasteiger charge is -2.14. The lowest BCUT2D eigenvalue weighted by molar-refractivity contribution is -0.122. The molecule has 2 aromatic carbocycles. The van der Waals surface area contributed by atoms with Crippen LogP contribution in [0.2, 0.25) is 0 Å². The number of amides is 2. The van der Waals surface area contributed by atoms with Crippen molar-refractivity contribution in [2.75, 3.05) is 18.7 Å². The van der Waals surface area contributed by atoms with Gasteiger partial charge in [0.2, 0.25) is 12.7 Å². The van der Waals surface area contributed by atoms with Crippen LogP contribution in [-0.2, 0) is 9.59 Å². The summed E-state index contributed by atoms with van der Waals surface area (Å²) in [5.74, 6) is 0.792.